The van der Waals surface area contributed by atoms with Crippen LogP contribution in [0.1, 0.15) is 239 Å². The third-order valence-electron chi connectivity index (χ3n) is 11.6. The first-order chi connectivity index (χ1) is 28.5. The van der Waals surface area contributed by atoms with Gasteiger partial charge in [0, 0.05) is 13.1 Å². The van der Waals surface area contributed by atoms with Crippen LogP contribution in [0.4, 0.5) is 0 Å². The molecule has 0 aliphatic heterocycles. The van der Waals surface area contributed by atoms with Crippen molar-refractivity contribution in [2.24, 2.45) is 23.1 Å². The molecule has 0 saturated heterocycles. The summed E-state index contributed by atoms with van der Waals surface area (Å²) in [6.07, 6.45) is 43.6. The van der Waals surface area contributed by atoms with Gasteiger partial charge in [-0.25, -0.2) is 0 Å². The van der Waals surface area contributed by atoms with E-state index in [1.165, 1.54) is 167 Å². The highest BCUT2D eigenvalue weighted by atomic mass is 16.4. The molecule has 9 nitrogen and oxygen atoms in total. The number of nitrogens with two attached hydrogens (primary N) is 3. The van der Waals surface area contributed by atoms with Gasteiger partial charge in [-0.3, -0.25) is 9.59 Å². The number of amides is 1. The molecule has 0 saturated carbocycles. The predicted molar refractivity (Wildman–Crippen MR) is 254 cm³/mol. The van der Waals surface area contributed by atoms with E-state index in [1.807, 2.05) is 4.90 Å². The molecule has 0 aliphatic rings. The van der Waals surface area contributed by atoms with E-state index in [-0.39, 0.29) is 18.4 Å². The van der Waals surface area contributed by atoms with E-state index in [4.69, 9.17) is 17.2 Å². The molecule has 0 bridgehead atoms. The molecular weight excluding hydrogens is 721 g/mol. The topological polar surface area (TPSA) is 160 Å². The van der Waals surface area contributed by atoms with E-state index >= 15 is 0 Å². The zero-order valence-corrected chi connectivity index (χ0v) is 39.1. The number of carboxylic acids is 1. The summed E-state index contributed by atoms with van der Waals surface area (Å²) in [4.78, 5) is 26.1. The monoisotopic (exact) mass is 825 g/mol. The van der Waals surface area contributed by atoms with Crippen molar-refractivity contribution in [2.45, 2.75) is 239 Å². The molecular formula is C49H104N6O3. The minimum atomic E-state index is -0.653. The van der Waals surface area contributed by atoms with Gasteiger partial charge in [0.05, 0.1) is 12.5 Å². The van der Waals surface area contributed by atoms with E-state index in [2.05, 4.69) is 24.5 Å². The number of unbranched alkanes of at least 4 members (excludes halogenated alkanes) is 27. The average Bonchev–Trinajstić information content (AvgIpc) is 3.23. The number of aliphatic carboxylic acids is 1. The number of hydrogen-bond donors (Lipinski definition) is 6. The van der Waals surface area contributed by atoms with E-state index < -0.39 is 5.97 Å². The Kier molecular flexibility index (Phi) is 52.6. The summed E-state index contributed by atoms with van der Waals surface area (Å²) in [5.74, 6) is -0.866. The second-order valence-corrected chi connectivity index (χ2v) is 17.2. The summed E-state index contributed by atoms with van der Waals surface area (Å²) in [6, 6.07) is 0. The van der Waals surface area contributed by atoms with E-state index in [0.717, 1.165) is 104 Å². The fraction of sp³-hybridized carbons (Fsp3) is 0.959. The molecule has 1 unspecified atom stereocenters. The third-order valence-corrected chi connectivity index (χ3v) is 11.6. The Hall–Kier alpha value is -1.26. The Labute approximate surface area is 361 Å². The van der Waals surface area contributed by atoms with Gasteiger partial charge in [-0.2, -0.15) is 0 Å². The van der Waals surface area contributed by atoms with Crippen molar-refractivity contribution in [2.75, 3.05) is 58.9 Å². The van der Waals surface area contributed by atoms with Crippen LogP contribution in [0.2, 0.25) is 0 Å². The molecule has 9 N–H and O–H groups in total. The van der Waals surface area contributed by atoms with Gasteiger partial charge in [-0.1, -0.05) is 187 Å². The number of carbonyl (C=O) groups is 2. The minimum Gasteiger partial charge on any atom is -0.481 e. The van der Waals surface area contributed by atoms with Crippen molar-refractivity contribution >= 4 is 11.9 Å². The van der Waals surface area contributed by atoms with Gasteiger partial charge in [0.1, 0.15) is 0 Å². The first-order valence-electron chi connectivity index (χ1n) is 25.5. The highest BCUT2D eigenvalue weighted by molar-refractivity contribution is 5.77. The van der Waals surface area contributed by atoms with Gasteiger partial charge < -0.3 is 37.8 Å². The number of carboxylic acid groups (broad SMARTS) is 1. The molecule has 58 heavy (non-hydrogen) atoms. The van der Waals surface area contributed by atoms with Crippen molar-refractivity contribution in [3.05, 3.63) is 0 Å². The molecule has 0 radical (unpaired) electrons. The lowest BCUT2D eigenvalue weighted by Crippen LogP contribution is -2.37. The van der Waals surface area contributed by atoms with Gasteiger partial charge >= 0.3 is 5.97 Å². The van der Waals surface area contributed by atoms with Crippen molar-refractivity contribution in [1.29, 1.82) is 0 Å². The fourth-order valence-corrected chi connectivity index (χ4v) is 7.68. The minimum absolute atomic E-state index is 0.0294. The Bertz CT molecular complexity index is 792. The Morgan fingerprint density at radius 1 is 0.431 bits per heavy atom. The zero-order valence-electron chi connectivity index (χ0n) is 39.1. The summed E-state index contributed by atoms with van der Waals surface area (Å²) in [5.41, 5.74) is 16.4. The van der Waals surface area contributed by atoms with E-state index in [0.29, 0.717) is 6.54 Å². The molecule has 0 aromatic carbocycles. The Balaban J connectivity index is 0. The average molecular weight is 825 g/mol. The van der Waals surface area contributed by atoms with Crippen LogP contribution in [0.25, 0.3) is 0 Å². The molecule has 0 aliphatic carbocycles. The highest BCUT2D eigenvalue weighted by Gasteiger charge is 2.17. The number of rotatable bonds is 47. The maximum absolute atomic E-state index is 12.4. The lowest BCUT2D eigenvalue weighted by molar-refractivity contribution is -0.142. The van der Waals surface area contributed by atoms with Crippen LogP contribution >= 0.6 is 0 Å². The zero-order chi connectivity index (χ0) is 42.8. The molecule has 348 valence electrons. The van der Waals surface area contributed by atoms with Crippen LogP contribution in [0.3, 0.4) is 0 Å². The van der Waals surface area contributed by atoms with Gasteiger partial charge in [0.2, 0.25) is 5.91 Å². The van der Waals surface area contributed by atoms with E-state index in [1.54, 1.807) is 0 Å². The quantitative estimate of drug-likeness (QED) is 0.0331. The molecule has 1 amide bonds. The highest BCUT2D eigenvalue weighted by Crippen LogP contribution is 2.20. The number of carbonyl (C=O) groups excluding carboxylic acids is 1. The summed E-state index contributed by atoms with van der Waals surface area (Å²) in [6.45, 7) is 12.0. The Morgan fingerprint density at radius 3 is 1.05 bits per heavy atom. The Morgan fingerprint density at radius 2 is 0.724 bits per heavy atom. The SMILES string of the molecule is CCCCCCCCCCCCCCCCCCN(CCCCC(CCCCCCCCCCCCC)C(=O)O)C(=O)CN.NCCCNCCCCNCCCN. The lowest BCUT2D eigenvalue weighted by atomic mass is 9.95. The van der Waals surface area contributed by atoms with E-state index in [9.17, 15) is 14.7 Å². The molecule has 0 aromatic heterocycles. The second-order valence-electron chi connectivity index (χ2n) is 17.2. The standard InChI is InChI=1S/C39H78N2O3.C10H26N4/c1-3-5-7-9-11-13-15-16-17-18-19-21-23-25-27-30-34-41(38(42)36-40)35-31-29-33-37(39(43)44)32-28-26-24-22-20-14-12-10-8-6-4-2;11-5-3-9-13-7-1-2-8-14-10-4-6-12/h37H,3-36,40H2,1-2H3,(H,43,44);13-14H,1-12H2. The maximum Gasteiger partial charge on any atom is 0.306 e. The van der Waals surface area contributed by atoms with Crippen LogP contribution in [0.15, 0.2) is 0 Å². The molecule has 0 aromatic rings. The van der Waals surface area contributed by atoms with Gasteiger partial charge in [0.15, 0.2) is 0 Å². The third kappa shape index (κ3) is 47.4. The second kappa shape index (κ2) is 51.9. The van der Waals surface area contributed by atoms with Crippen LogP contribution in [-0.4, -0.2) is 80.8 Å². The molecule has 0 fully saturated rings. The molecule has 9 heteroatoms. The number of nitrogens with one attached hydrogen (secondary N) is 2. The number of hydrogen-bond acceptors (Lipinski definition) is 7. The largest absolute Gasteiger partial charge is 0.481 e. The molecule has 1 atom stereocenters. The molecule has 0 rings (SSSR count). The van der Waals surface area contributed by atoms with Crippen molar-refractivity contribution in [3.8, 4) is 0 Å². The van der Waals surface area contributed by atoms with Crippen LogP contribution in [-0.2, 0) is 9.59 Å². The van der Waals surface area contributed by atoms with Crippen LogP contribution < -0.4 is 27.8 Å². The van der Waals surface area contributed by atoms with Gasteiger partial charge in [-0.05, 0) is 90.6 Å². The van der Waals surface area contributed by atoms with Crippen molar-refractivity contribution < 1.29 is 14.7 Å². The lowest BCUT2D eigenvalue weighted by Gasteiger charge is -2.22. The van der Waals surface area contributed by atoms with Crippen molar-refractivity contribution in [1.82, 2.24) is 15.5 Å². The number of nitrogens with zero attached hydrogens (tertiary/aromatic N) is 1. The summed E-state index contributed by atoms with van der Waals surface area (Å²) in [5, 5.41) is 16.4. The normalized spacial score (nSPS) is 11.7. The maximum atomic E-state index is 12.4. The van der Waals surface area contributed by atoms with Gasteiger partial charge in [-0.15, -0.1) is 0 Å². The predicted octanol–water partition coefficient (Wildman–Crippen LogP) is 11.3. The van der Waals surface area contributed by atoms with Crippen LogP contribution in [0, 0.1) is 5.92 Å². The molecule has 0 spiro atoms. The summed E-state index contributed by atoms with van der Waals surface area (Å²) >= 11 is 0. The summed E-state index contributed by atoms with van der Waals surface area (Å²) < 4.78 is 0. The smallest absolute Gasteiger partial charge is 0.306 e. The summed E-state index contributed by atoms with van der Waals surface area (Å²) in [7, 11) is 0. The first kappa shape index (κ1) is 58.8. The fourth-order valence-electron chi connectivity index (χ4n) is 7.68. The molecule has 0 heterocycles. The first-order valence-corrected chi connectivity index (χ1v) is 25.5. The van der Waals surface area contributed by atoms with Crippen LogP contribution in [0.5, 0.6) is 0 Å². The van der Waals surface area contributed by atoms with Gasteiger partial charge in [0.25, 0.3) is 0 Å². The van der Waals surface area contributed by atoms with Crippen molar-refractivity contribution in [3.63, 3.8) is 0 Å².